The summed E-state index contributed by atoms with van der Waals surface area (Å²) in [5, 5.41) is 0. The van der Waals surface area contributed by atoms with Gasteiger partial charge in [-0.3, -0.25) is 0 Å². The molecule has 1 saturated heterocycles. The summed E-state index contributed by atoms with van der Waals surface area (Å²) in [7, 11) is 0. The van der Waals surface area contributed by atoms with E-state index in [0.29, 0.717) is 0 Å². The van der Waals surface area contributed by atoms with Gasteiger partial charge in [0.1, 0.15) is 6.79 Å². The first-order chi connectivity index (χ1) is 5.49. The molecule has 0 aromatic rings. The van der Waals surface area contributed by atoms with Crippen molar-refractivity contribution in [3.63, 3.8) is 0 Å². The van der Waals surface area contributed by atoms with Crippen molar-refractivity contribution >= 4 is 5.97 Å². The van der Waals surface area contributed by atoms with Crippen LogP contribution in [0, 0.1) is 0 Å². The zero-order chi connectivity index (χ0) is 9.19. The van der Waals surface area contributed by atoms with Crippen LogP contribution in [-0.2, 0) is 19.0 Å². The van der Waals surface area contributed by atoms with Crippen molar-refractivity contribution in [1.82, 2.24) is 0 Å². The molecule has 1 aliphatic rings. The lowest BCUT2D eigenvalue weighted by Gasteiger charge is -2.09. The average molecular weight is 186 g/mol. The van der Waals surface area contributed by atoms with Crippen LogP contribution in [0.3, 0.4) is 0 Å². The molecule has 0 N–H and O–H groups in total. The molecule has 0 aromatic heterocycles. The molecule has 0 saturated carbocycles. The molecule has 70 valence electrons. The van der Waals surface area contributed by atoms with E-state index in [1.165, 1.54) is 0 Å². The van der Waals surface area contributed by atoms with E-state index in [-0.39, 0.29) is 13.4 Å². The molecular formula is C5H5F3O4. The molecule has 1 fully saturated rings. The Hall–Kier alpha value is -0.820. The number of alkyl halides is 3. The quantitative estimate of drug-likeness (QED) is 0.557. The number of carbonyl (C=O) groups excluding carboxylic acids is 1. The monoisotopic (exact) mass is 186 g/mol. The van der Waals surface area contributed by atoms with E-state index in [0.717, 1.165) is 0 Å². The normalized spacial score (nSPS) is 24.1. The van der Waals surface area contributed by atoms with Crippen molar-refractivity contribution in [3.8, 4) is 0 Å². The standard InChI is InChI=1S/C5H5F3O4/c6-5(7,8)12-4(9)3-1-10-2-11-3/h3H,1-2H2. The van der Waals surface area contributed by atoms with Crippen molar-refractivity contribution in [1.29, 1.82) is 0 Å². The van der Waals surface area contributed by atoms with Crippen molar-refractivity contribution < 1.29 is 32.2 Å². The van der Waals surface area contributed by atoms with Crippen LogP contribution < -0.4 is 0 Å². The lowest BCUT2D eigenvalue weighted by Crippen LogP contribution is -2.30. The number of esters is 1. The van der Waals surface area contributed by atoms with Gasteiger partial charge in [-0.25, -0.2) is 4.79 Å². The third-order valence-corrected chi connectivity index (χ3v) is 1.10. The summed E-state index contributed by atoms with van der Waals surface area (Å²) in [6.45, 7) is -0.382. The second-order valence-corrected chi connectivity index (χ2v) is 2.01. The van der Waals surface area contributed by atoms with Gasteiger partial charge in [0.2, 0.25) is 0 Å². The first-order valence-electron chi connectivity index (χ1n) is 2.98. The first-order valence-corrected chi connectivity index (χ1v) is 2.98. The van der Waals surface area contributed by atoms with Crippen molar-refractivity contribution in [2.75, 3.05) is 13.4 Å². The van der Waals surface area contributed by atoms with Crippen LogP contribution in [0.25, 0.3) is 0 Å². The molecule has 0 aromatic carbocycles. The molecule has 4 nitrogen and oxygen atoms in total. The van der Waals surface area contributed by atoms with Gasteiger partial charge in [0.15, 0.2) is 6.10 Å². The van der Waals surface area contributed by atoms with E-state index in [1.54, 1.807) is 0 Å². The third kappa shape index (κ3) is 2.67. The van der Waals surface area contributed by atoms with Gasteiger partial charge in [0.05, 0.1) is 6.61 Å². The number of ether oxygens (including phenoxy) is 3. The lowest BCUT2D eigenvalue weighted by molar-refractivity contribution is -0.309. The van der Waals surface area contributed by atoms with Gasteiger partial charge in [0, 0.05) is 0 Å². The molecule has 1 atom stereocenters. The van der Waals surface area contributed by atoms with Crippen LogP contribution >= 0.6 is 0 Å². The van der Waals surface area contributed by atoms with Gasteiger partial charge >= 0.3 is 12.3 Å². The number of hydrogen-bond acceptors (Lipinski definition) is 4. The molecule has 0 bridgehead atoms. The number of rotatable bonds is 1. The Bertz CT molecular complexity index is 172. The highest BCUT2D eigenvalue weighted by molar-refractivity contribution is 5.75. The van der Waals surface area contributed by atoms with Gasteiger partial charge in [-0.2, -0.15) is 0 Å². The molecule has 0 radical (unpaired) electrons. The second kappa shape index (κ2) is 3.28. The highest BCUT2D eigenvalue weighted by Crippen LogP contribution is 2.18. The maximum absolute atomic E-state index is 11.4. The smallest absolute Gasteiger partial charge is 0.371 e. The minimum Gasteiger partial charge on any atom is -0.371 e. The van der Waals surface area contributed by atoms with E-state index < -0.39 is 18.4 Å². The van der Waals surface area contributed by atoms with Crippen molar-refractivity contribution in [3.05, 3.63) is 0 Å². The first kappa shape index (κ1) is 9.27. The predicted molar refractivity (Wildman–Crippen MR) is 27.8 cm³/mol. The minimum absolute atomic E-state index is 0.183. The molecule has 0 spiro atoms. The fourth-order valence-corrected chi connectivity index (χ4v) is 0.649. The molecule has 1 unspecified atom stereocenters. The zero-order valence-electron chi connectivity index (χ0n) is 5.76. The summed E-state index contributed by atoms with van der Waals surface area (Å²) in [4.78, 5) is 10.5. The molecular weight excluding hydrogens is 181 g/mol. The largest absolute Gasteiger partial charge is 0.575 e. The Kier molecular flexibility index (Phi) is 2.53. The summed E-state index contributed by atoms with van der Waals surface area (Å²) in [6, 6.07) is 0. The Morgan fingerprint density at radius 2 is 2.17 bits per heavy atom. The molecule has 1 rings (SSSR count). The summed E-state index contributed by atoms with van der Waals surface area (Å²) in [5.74, 6) is -1.47. The van der Waals surface area contributed by atoms with Crippen molar-refractivity contribution in [2.45, 2.75) is 12.5 Å². The van der Waals surface area contributed by atoms with Crippen LogP contribution in [-0.4, -0.2) is 31.8 Å². The fraction of sp³-hybridized carbons (Fsp3) is 0.800. The highest BCUT2D eigenvalue weighted by atomic mass is 19.4. The van der Waals surface area contributed by atoms with Gasteiger partial charge < -0.3 is 14.2 Å². The van der Waals surface area contributed by atoms with Crippen LogP contribution in [0.15, 0.2) is 0 Å². The number of carbonyl (C=O) groups is 1. The summed E-state index contributed by atoms with van der Waals surface area (Å²) in [5.41, 5.74) is 0. The predicted octanol–water partition coefficient (Wildman–Crippen LogP) is 0.422. The van der Waals surface area contributed by atoms with E-state index in [1.807, 2.05) is 0 Å². The third-order valence-electron chi connectivity index (χ3n) is 1.10. The molecule has 12 heavy (non-hydrogen) atoms. The lowest BCUT2D eigenvalue weighted by atomic mass is 10.4. The Balaban J connectivity index is 2.37. The Morgan fingerprint density at radius 3 is 2.58 bits per heavy atom. The zero-order valence-corrected chi connectivity index (χ0v) is 5.76. The maximum atomic E-state index is 11.4. The average Bonchev–Trinajstić information content (AvgIpc) is 2.32. The van der Waals surface area contributed by atoms with Crippen LogP contribution in [0.1, 0.15) is 0 Å². The summed E-state index contributed by atoms with van der Waals surface area (Å²) >= 11 is 0. The Labute approximate surface area is 65.2 Å². The molecule has 1 heterocycles. The van der Waals surface area contributed by atoms with Gasteiger partial charge in [-0.05, 0) is 0 Å². The van der Waals surface area contributed by atoms with E-state index in [4.69, 9.17) is 0 Å². The maximum Gasteiger partial charge on any atom is 0.575 e. The fourth-order valence-electron chi connectivity index (χ4n) is 0.649. The molecule has 0 aliphatic carbocycles. The van der Waals surface area contributed by atoms with Gasteiger partial charge in [-0.15, -0.1) is 13.2 Å². The molecule has 7 heteroatoms. The molecule has 1 aliphatic heterocycles. The topological polar surface area (TPSA) is 44.8 Å². The summed E-state index contributed by atoms with van der Waals surface area (Å²) in [6.07, 6.45) is -6.21. The van der Waals surface area contributed by atoms with Gasteiger partial charge in [-0.1, -0.05) is 0 Å². The highest BCUT2D eigenvalue weighted by Gasteiger charge is 2.38. The van der Waals surface area contributed by atoms with E-state index >= 15 is 0 Å². The minimum atomic E-state index is -4.96. The van der Waals surface area contributed by atoms with E-state index in [2.05, 4.69) is 14.2 Å². The van der Waals surface area contributed by atoms with Crippen LogP contribution in [0.5, 0.6) is 0 Å². The number of hydrogen-bond donors (Lipinski definition) is 0. The van der Waals surface area contributed by atoms with Gasteiger partial charge in [0.25, 0.3) is 0 Å². The van der Waals surface area contributed by atoms with Crippen LogP contribution in [0.4, 0.5) is 13.2 Å². The SMILES string of the molecule is O=C(OC(F)(F)F)C1COCO1. The second-order valence-electron chi connectivity index (χ2n) is 2.01. The summed E-state index contributed by atoms with van der Waals surface area (Å²) < 4.78 is 46.3. The Morgan fingerprint density at radius 1 is 1.50 bits per heavy atom. The van der Waals surface area contributed by atoms with Crippen molar-refractivity contribution in [2.24, 2.45) is 0 Å². The molecule has 0 amide bonds. The van der Waals surface area contributed by atoms with Crippen LogP contribution in [0.2, 0.25) is 0 Å². The number of halogens is 3. The van der Waals surface area contributed by atoms with E-state index in [9.17, 15) is 18.0 Å².